The number of likely N-dealkylation sites (tertiary alicyclic amines) is 1. The van der Waals surface area contributed by atoms with Crippen molar-refractivity contribution in [3.8, 4) is 11.6 Å². The molecule has 0 N–H and O–H groups in total. The fourth-order valence-corrected chi connectivity index (χ4v) is 2.68. The van der Waals surface area contributed by atoms with Gasteiger partial charge >= 0.3 is 0 Å². The van der Waals surface area contributed by atoms with Crippen molar-refractivity contribution in [1.82, 2.24) is 20.0 Å². The van der Waals surface area contributed by atoms with Gasteiger partial charge in [0.1, 0.15) is 5.69 Å². The van der Waals surface area contributed by atoms with Gasteiger partial charge in [0.2, 0.25) is 0 Å². The third-order valence-electron chi connectivity index (χ3n) is 2.83. The molecule has 3 rings (SSSR count). The highest BCUT2D eigenvalue weighted by atomic mass is 32.1. The topological polar surface area (TPSA) is 72.1 Å². The molecule has 1 aliphatic heterocycles. The molecule has 0 spiro atoms. The molecule has 7 heteroatoms. The summed E-state index contributed by atoms with van der Waals surface area (Å²) in [6.45, 7) is 3.40. The maximum Gasteiger partial charge on any atom is 0.282 e. The van der Waals surface area contributed by atoms with E-state index in [1.165, 1.54) is 11.3 Å². The fraction of sp³-hybridized carbons (Fsp3) is 0.455. The van der Waals surface area contributed by atoms with E-state index in [2.05, 4.69) is 15.1 Å². The van der Waals surface area contributed by atoms with Crippen LogP contribution in [0.1, 0.15) is 28.5 Å². The van der Waals surface area contributed by atoms with Crippen LogP contribution in [0.25, 0.3) is 11.6 Å². The molecular formula is C11H12N4O2S. The van der Waals surface area contributed by atoms with Crippen LogP contribution in [0.3, 0.4) is 0 Å². The molecule has 18 heavy (non-hydrogen) atoms. The summed E-state index contributed by atoms with van der Waals surface area (Å²) in [7, 11) is 0. The molecule has 0 radical (unpaired) electrons. The van der Waals surface area contributed by atoms with E-state index >= 15 is 0 Å². The Morgan fingerprint density at radius 1 is 1.39 bits per heavy atom. The molecule has 0 bridgehead atoms. The molecule has 0 aromatic carbocycles. The second-order valence-corrected chi connectivity index (χ2v) is 5.04. The molecule has 2 aromatic rings. The first-order valence-electron chi connectivity index (χ1n) is 5.79. The summed E-state index contributed by atoms with van der Waals surface area (Å²) in [5.74, 6) is 0.926. The van der Waals surface area contributed by atoms with Gasteiger partial charge in [-0.3, -0.25) is 4.79 Å². The smallest absolute Gasteiger partial charge is 0.282 e. The van der Waals surface area contributed by atoms with Crippen molar-refractivity contribution in [3.63, 3.8) is 0 Å². The van der Waals surface area contributed by atoms with Crippen molar-refractivity contribution >= 4 is 17.2 Å². The SMILES string of the molecule is Cc1noc(-c2csc(C(=O)N3CCCC3)n2)n1. The highest BCUT2D eigenvalue weighted by Gasteiger charge is 2.23. The van der Waals surface area contributed by atoms with Gasteiger partial charge in [0.25, 0.3) is 11.8 Å². The Labute approximate surface area is 108 Å². The lowest BCUT2D eigenvalue weighted by atomic mass is 10.4. The van der Waals surface area contributed by atoms with Crippen LogP contribution in [0, 0.1) is 6.92 Å². The summed E-state index contributed by atoms with van der Waals surface area (Å²) in [6.07, 6.45) is 2.15. The van der Waals surface area contributed by atoms with Crippen LogP contribution in [-0.4, -0.2) is 39.0 Å². The van der Waals surface area contributed by atoms with E-state index in [9.17, 15) is 4.79 Å². The lowest BCUT2D eigenvalue weighted by Crippen LogP contribution is -2.27. The summed E-state index contributed by atoms with van der Waals surface area (Å²) in [4.78, 5) is 22.3. The van der Waals surface area contributed by atoms with E-state index in [4.69, 9.17) is 4.52 Å². The van der Waals surface area contributed by atoms with E-state index in [1.807, 2.05) is 4.90 Å². The van der Waals surface area contributed by atoms with Gasteiger partial charge in [0.15, 0.2) is 10.8 Å². The molecule has 1 saturated heterocycles. The zero-order chi connectivity index (χ0) is 12.5. The molecule has 94 valence electrons. The van der Waals surface area contributed by atoms with Gasteiger partial charge in [0, 0.05) is 18.5 Å². The van der Waals surface area contributed by atoms with E-state index < -0.39 is 0 Å². The first-order chi connectivity index (χ1) is 8.74. The number of hydrogen-bond acceptors (Lipinski definition) is 6. The number of rotatable bonds is 2. The van der Waals surface area contributed by atoms with E-state index in [0.29, 0.717) is 22.4 Å². The minimum absolute atomic E-state index is 0.0000118. The number of amides is 1. The first kappa shape index (κ1) is 11.3. The Hall–Kier alpha value is -1.76. The minimum atomic E-state index is -0.0000118. The molecule has 1 amide bonds. The zero-order valence-electron chi connectivity index (χ0n) is 9.92. The Morgan fingerprint density at radius 2 is 2.17 bits per heavy atom. The van der Waals surface area contributed by atoms with Crippen molar-refractivity contribution < 1.29 is 9.32 Å². The number of thiazole rings is 1. The second kappa shape index (κ2) is 4.49. The van der Waals surface area contributed by atoms with E-state index in [0.717, 1.165) is 25.9 Å². The number of carbonyl (C=O) groups is 1. The van der Waals surface area contributed by atoms with Gasteiger partial charge in [-0.2, -0.15) is 4.98 Å². The predicted octanol–water partition coefficient (Wildman–Crippen LogP) is 1.74. The molecule has 6 nitrogen and oxygen atoms in total. The molecule has 1 aliphatic rings. The molecular weight excluding hydrogens is 252 g/mol. The number of nitrogens with zero attached hydrogens (tertiary/aromatic N) is 4. The Morgan fingerprint density at radius 3 is 2.83 bits per heavy atom. The third kappa shape index (κ3) is 2.01. The summed E-state index contributed by atoms with van der Waals surface area (Å²) in [6, 6.07) is 0. The van der Waals surface area contributed by atoms with Crippen LogP contribution >= 0.6 is 11.3 Å². The maximum atomic E-state index is 12.1. The van der Waals surface area contributed by atoms with Gasteiger partial charge < -0.3 is 9.42 Å². The predicted molar refractivity (Wildman–Crippen MR) is 65.3 cm³/mol. The number of hydrogen-bond donors (Lipinski definition) is 0. The number of aromatic nitrogens is 3. The molecule has 0 aliphatic carbocycles. The van der Waals surface area contributed by atoms with Gasteiger partial charge in [-0.05, 0) is 19.8 Å². The Balaban J connectivity index is 1.82. The fourth-order valence-electron chi connectivity index (χ4n) is 1.93. The van der Waals surface area contributed by atoms with Gasteiger partial charge in [0.05, 0.1) is 0 Å². The van der Waals surface area contributed by atoms with Crippen LogP contribution in [0.15, 0.2) is 9.90 Å². The van der Waals surface area contributed by atoms with Crippen molar-refractivity contribution in [3.05, 3.63) is 16.2 Å². The molecule has 2 aromatic heterocycles. The lowest BCUT2D eigenvalue weighted by molar-refractivity contribution is 0.0792. The number of carbonyl (C=O) groups excluding carboxylic acids is 1. The monoisotopic (exact) mass is 264 g/mol. The average molecular weight is 264 g/mol. The largest absolute Gasteiger partial charge is 0.337 e. The summed E-state index contributed by atoms with van der Waals surface area (Å²) >= 11 is 1.32. The zero-order valence-corrected chi connectivity index (χ0v) is 10.7. The minimum Gasteiger partial charge on any atom is -0.337 e. The molecule has 1 fully saturated rings. The van der Waals surface area contributed by atoms with Crippen molar-refractivity contribution in [2.75, 3.05) is 13.1 Å². The van der Waals surface area contributed by atoms with Crippen LogP contribution in [0.4, 0.5) is 0 Å². The van der Waals surface area contributed by atoms with Crippen LogP contribution in [-0.2, 0) is 0 Å². The van der Waals surface area contributed by atoms with E-state index in [-0.39, 0.29) is 5.91 Å². The quantitative estimate of drug-likeness (QED) is 0.826. The number of aryl methyl sites for hydroxylation is 1. The first-order valence-corrected chi connectivity index (χ1v) is 6.67. The molecule has 0 unspecified atom stereocenters. The van der Waals surface area contributed by atoms with Gasteiger partial charge in [-0.25, -0.2) is 4.98 Å². The van der Waals surface area contributed by atoms with Crippen LogP contribution in [0.5, 0.6) is 0 Å². The standard InChI is InChI=1S/C11H12N4O2S/c1-7-12-9(17-14-7)8-6-18-10(13-8)11(16)15-4-2-3-5-15/h6H,2-5H2,1H3. The average Bonchev–Trinajstić information content (AvgIpc) is 3.09. The van der Waals surface area contributed by atoms with Gasteiger partial charge in [-0.15, -0.1) is 11.3 Å². The maximum absolute atomic E-state index is 12.1. The highest BCUT2D eigenvalue weighted by Crippen LogP contribution is 2.22. The lowest BCUT2D eigenvalue weighted by Gasteiger charge is -2.12. The van der Waals surface area contributed by atoms with Crippen LogP contribution in [0.2, 0.25) is 0 Å². The van der Waals surface area contributed by atoms with Crippen LogP contribution < -0.4 is 0 Å². The Bertz CT molecular complexity index is 571. The highest BCUT2D eigenvalue weighted by molar-refractivity contribution is 7.12. The van der Waals surface area contributed by atoms with Crippen molar-refractivity contribution in [2.45, 2.75) is 19.8 Å². The normalized spacial score (nSPS) is 15.3. The molecule has 0 atom stereocenters. The third-order valence-corrected chi connectivity index (χ3v) is 3.66. The van der Waals surface area contributed by atoms with Crippen molar-refractivity contribution in [2.24, 2.45) is 0 Å². The van der Waals surface area contributed by atoms with E-state index in [1.54, 1.807) is 12.3 Å². The second-order valence-electron chi connectivity index (χ2n) is 4.18. The summed E-state index contributed by atoms with van der Waals surface area (Å²) in [5.41, 5.74) is 0.572. The van der Waals surface area contributed by atoms with Crippen molar-refractivity contribution in [1.29, 1.82) is 0 Å². The summed E-state index contributed by atoms with van der Waals surface area (Å²) in [5, 5.41) is 5.97. The van der Waals surface area contributed by atoms with Gasteiger partial charge in [-0.1, -0.05) is 5.16 Å². The molecule has 0 saturated carbocycles. The molecule has 3 heterocycles. The summed E-state index contributed by atoms with van der Waals surface area (Å²) < 4.78 is 5.03. The Kier molecular flexibility index (Phi) is 2.83.